The van der Waals surface area contributed by atoms with E-state index in [1.54, 1.807) is 0 Å². The molecular formula is C13H14FN3O4. The molecule has 1 saturated heterocycles. The Bertz CT molecular complexity index is 622. The molecule has 0 radical (unpaired) electrons. The molecule has 3 rings (SSSR count). The third kappa shape index (κ3) is 2.17. The largest absolute Gasteiger partial charge is 0.481 e. The van der Waals surface area contributed by atoms with Gasteiger partial charge >= 0.3 is 6.09 Å². The first-order chi connectivity index (χ1) is 10.0. The Morgan fingerprint density at radius 3 is 2.86 bits per heavy atom. The first-order valence-corrected chi connectivity index (χ1v) is 6.42. The van der Waals surface area contributed by atoms with E-state index in [1.165, 1.54) is 29.0 Å². The topological polar surface area (TPSA) is 85.1 Å². The normalized spacial score (nSPS) is 21.2. The van der Waals surface area contributed by atoms with Gasteiger partial charge in [-0.15, -0.1) is 0 Å². The quantitative estimate of drug-likeness (QED) is 0.857. The molecule has 0 bridgehead atoms. The summed E-state index contributed by atoms with van der Waals surface area (Å²) >= 11 is 0. The molecule has 2 heterocycles. The Morgan fingerprint density at radius 1 is 1.43 bits per heavy atom. The van der Waals surface area contributed by atoms with Crippen LogP contribution >= 0.6 is 0 Å². The number of cyclic esters (lactones) is 1. The standard InChI is InChI=1S/C13H14FN3O4/c1-16-11(18)6-20-10-3-7(2-9(14)12(10)16)17-5-8(4-15)21-13(17)19/h2-3,8H,4-6,15H2,1H3/t8-/m1/s1. The molecule has 0 saturated carbocycles. The molecule has 8 heteroatoms. The predicted octanol–water partition coefficient (Wildman–Crippen LogP) is 0.465. The van der Waals surface area contributed by atoms with Crippen LogP contribution in [0.3, 0.4) is 0 Å². The number of carbonyl (C=O) groups excluding carboxylic acids is 2. The Morgan fingerprint density at radius 2 is 2.19 bits per heavy atom. The van der Waals surface area contributed by atoms with E-state index in [4.69, 9.17) is 15.2 Å². The Hall–Kier alpha value is -2.35. The lowest BCUT2D eigenvalue weighted by atomic mass is 10.2. The molecule has 1 atom stereocenters. The van der Waals surface area contributed by atoms with Gasteiger partial charge in [-0.2, -0.15) is 0 Å². The van der Waals surface area contributed by atoms with Crippen molar-refractivity contribution in [1.29, 1.82) is 0 Å². The van der Waals surface area contributed by atoms with E-state index in [-0.39, 0.29) is 37.0 Å². The summed E-state index contributed by atoms with van der Waals surface area (Å²) in [6.45, 7) is 0.286. The van der Waals surface area contributed by atoms with Crippen molar-refractivity contribution in [3.63, 3.8) is 0 Å². The maximum Gasteiger partial charge on any atom is 0.414 e. The number of hydrogen-bond acceptors (Lipinski definition) is 5. The van der Waals surface area contributed by atoms with Gasteiger partial charge in [0.15, 0.2) is 12.4 Å². The molecule has 1 aromatic rings. The van der Waals surface area contributed by atoms with Crippen LogP contribution in [0.2, 0.25) is 0 Å². The second-order valence-electron chi connectivity index (χ2n) is 4.87. The van der Waals surface area contributed by atoms with Crippen LogP contribution in [0.4, 0.5) is 20.6 Å². The van der Waals surface area contributed by atoms with Crippen molar-refractivity contribution in [2.45, 2.75) is 6.10 Å². The molecule has 2 aliphatic rings. The van der Waals surface area contributed by atoms with Crippen molar-refractivity contribution >= 4 is 23.4 Å². The molecule has 112 valence electrons. The summed E-state index contributed by atoms with van der Waals surface area (Å²) in [5.74, 6) is -0.754. The van der Waals surface area contributed by atoms with E-state index in [0.717, 1.165) is 0 Å². The second-order valence-corrected chi connectivity index (χ2v) is 4.87. The smallest absolute Gasteiger partial charge is 0.414 e. The van der Waals surface area contributed by atoms with Crippen LogP contribution in [-0.4, -0.2) is 44.8 Å². The van der Waals surface area contributed by atoms with Crippen LogP contribution in [0, 0.1) is 5.82 Å². The van der Waals surface area contributed by atoms with Crippen LogP contribution in [0.1, 0.15) is 0 Å². The second kappa shape index (κ2) is 4.88. The number of ether oxygens (including phenoxy) is 2. The van der Waals surface area contributed by atoms with Gasteiger partial charge in [0, 0.05) is 25.7 Å². The Balaban J connectivity index is 1.98. The average molecular weight is 295 g/mol. The highest BCUT2D eigenvalue weighted by Gasteiger charge is 2.34. The first-order valence-electron chi connectivity index (χ1n) is 6.42. The minimum absolute atomic E-state index is 0.0675. The molecule has 7 nitrogen and oxygen atoms in total. The van der Waals surface area contributed by atoms with E-state index in [1.807, 2.05) is 0 Å². The summed E-state index contributed by atoms with van der Waals surface area (Å²) in [5, 5.41) is 0. The van der Waals surface area contributed by atoms with Gasteiger partial charge in [-0.1, -0.05) is 0 Å². The van der Waals surface area contributed by atoms with Crippen molar-refractivity contribution in [3.8, 4) is 5.75 Å². The number of anilines is 2. The fourth-order valence-electron chi connectivity index (χ4n) is 2.37. The number of amides is 2. The van der Waals surface area contributed by atoms with Crippen molar-refractivity contribution in [3.05, 3.63) is 17.9 Å². The van der Waals surface area contributed by atoms with Crippen LogP contribution in [0.25, 0.3) is 0 Å². The van der Waals surface area contributed by atoms with Gasteiger partial charge in [-0.25, -0.2) is 9.18 Å². The lowest BCUT2D eigenvalue weighted by Crippen LogP contribution is -2.36. The van der Waals surface area contributed by atoms with Crippen LogP contribution < -0.4 is 20.3 Å². The molecular weight excluding hydrogens is 281 g/mol. The highest BCUT2D eigenvalue weighted by Crippen LogP contribution is 2.38. The number of nitrogens with zero attached hydrogens (tertiary/aromatic N) is 2. The number of rotatable bonds is 2. The Labute approximate surface area is 120 Å². The van der Waals surface area contributed by atoms with Crippen molar-refractivity contribution in [1.82, 2.24) is 0 Å². The lowest BCUT2D eigenvalue weighted by molar-refractivity contribution is -0.121. The first kappa shape index (κ1) is 13.6. The number of nitrogens with two attached hydrogens (primary N) is 1. The molecule has 0 aromatic heterocycles. The molecule has 2 N–H and O–H groups in total. The maximum atomic E-state index is 14.2. The van der Waals surface area contributed by atoms with Crippen LogP contribution in [0.5, 0.6) is 5.75 Å². The van der Waals surface area contributed by atoms with E-state index in [9.17, 15) is 14.0 Å². The fourth-order valence-corrected chi connectivity index (χ4v) is 2.37. The molecule has 21 heavy (non-hydrogen) atoms. The SMILES string of the molecule is CN1C(=O)COc2cc(N3C[C@@H](CN)OC3=O)cc(F)c21. The van der Waals surface area contributed by atoms with Crippen LogP contribution in [0.15, 0.2) is 12.1 Å². The van der Waals surface area contributed by atoms with Gasteiger partial charge in [0.1, 0.15) is 17.5 Å². The van der Waals surface area contributed by atoms with Gasteiger partial charge in [0.2, 0.25) is 0 Å². The summed E-state index contributed by atoms with van der Waals surface area (Å²) < 4.78 is 24.5. The van der Waals surface area contributed by atoms with Crippen molar-refractivity contribution in [2.75, 3.05) is 36.5 Å². The van der Waals surface area contributed by atoms with Gasteiger partial charge in [0.05, 0.1) is 12.2 Å². The monoisotopic (exact) mass is 295 g/mol. The van der Waals surface area contributed by atoms with Gasteiger partial charge in [0.25, 0.3) is 5.91 Å². The Kier molecular flexibility index (Phi) is 3.17. The molecule has 1 aromatic carbocycles. The zero-order valence-corrected chi connectivity index (χ0v) is 11.3. The number of likely N-dealkylation sites (N-methyl/N-ethyl adjacent to an activating group) is 1. The van der Waals surface area contributed by atoms with Crippen LogP contribution in [-0.2, 0) is 9.53 Å². The zero-order chi connectivity index (χ0) is 15.1. The minimum Gasteiger partial charge on any atom is -0.481 e. The molecule has 0 unspecified atom stereocenters. The van der Waals surface area contributed by atoms with E-state index < -0.39 is 18.0 Å². The highest BCUT2D eigenvalue weighted by atomic mass is 19.1. The lowest BCUT2D eigenvalue weighted by Gasteiger charge is -2.27. The molecule has 1 fully saturated rings. The number of benzene rings is 1. The molecule has 0 spiro atoms. The van der Waals surface area contributed by atoms with Crippen molar-refractivity contribution < 1.29 is 23.5 Å². The maximum absolute atomic E-state index is 14.2. The van der Waals surface area contributed by atoms with E-state index in [0.29, 0.717) is 5.69 Å². The molecule has 2 aliphatic heterocycles. The van der Waals surface area contributed by atoms with Gasteiger partial charge in [-0.3, -0.25) is 9.69 Å². The summed E-state index contributed by atoms with van der Waals surface area (Å²) in [7, 11) is 1.47. The van der Waals surface area contributed by atoms with E-state index in [2.05, 4.69) is 0 Å². The molecule has 0 aliphatic carbocycles. The zero-order valence-electron chi connectivity index (χ0n) is 11.3. The number of hydrogen-bond donors (Lipinski definition) is 1. The predicted molar refractivity (Wildman–Crippen MR) is 72.0 cm³/mol. The van der Waals surface area contributed by atoms with Gasteiger partial charge in [-0.05, 0) is 0 Å². The third-order valence-corrected chi connectivity index (χ3v) is 3.52. The number of fused-ring (bicyclic) bond motifs is 1. The third-order valence-electron chi connectivity index (χ3n) is 3.52. The number of carbonyl (C=O) groups is 2. The van der Waals surface area contributed by atoms with Gasteiger partial charge < -0.3 is 20.1 Å². The van der Waals surface area contributed by atoms with Crippen molar-refractivity contribution in [2.24, 2.45) is 5.73 Å². The number of halogens is 1. The summed E-state index contributed by atoms with van der Waals surface area (Å²) in [5.41, 5.74) is 5.85. The fraction of sp³-hybridized carbons (Fsp3) is 0.385. The minimum atomic E-state index is -0.637. The summed E-state index contributed by atoms with van der Waals surface area (Å²) in [4.78, 5) is 25.8. The summed E-state index contributed by atoms with van der Waals surface area (Å²) in [6, 6.07) is 2.69. The average Bonchev–Trinajstić information content (AvgIpc) is 2.83. The molecule has 2 amide bonds. The summed E-state index contributed by atoms with van der Waals surface area (Å²) in [6.07, 6.45) is -0.994. The van der Waals surface area contributed by atoms with E-state index >= 15 is 0 Å². The highest BCUT2D eigenvalue weighted by molar-refractivity contribution is 5.98.